The lowest BCUT2D eigenvalue weighted by molar-refractivity contribution is 1.07. The van der Waals surface area contributed by atoms with Crippen molar-refractivity contribution in [2.45, 2.75) is 6.54 Å². The Bertz CT molecular complexity index is 756. The van der Waals surface area contributed by atoms with Crippen LogP contribution in [0, 0.1) is 0 Å². The fourth-order valence-corrected chi connectivity index (χ4v) is 2.50. The van der Waals surface area contributed by atoms with Gasteiger partial charge in [0.05, 0.1) is 28.5 Å². The van der Waals surface area contributed by atoms with E-state index < -0.39 is 0 Å². The summed E-state index contributed by atoms with van der Waals surface area (Å²) in [7, 11) is 0. The van der Waals surface area contributed by atoms with Crippen molar-refractivity contribution >= 4 is 39.8 Å². The number of para-hydroxylation sites is 1. The van der Waals surface area contributed by atoms with E-state index in [1.807, 2.05) is 36.4 Å². The van der Waals surface area contributed by atoms with E-state index in [-0.39, 0.29) is 0 Å². The Morgan fingerprint density at radius 3 is 2.65 bits per heavy atom. The van der Waals surface area contributed by atoms with E-state index in [0.29, 0.717) is 16.6 Å². The Labute approximate surface area is 127 Å². The molecule has 0 saturated heterocycles. The summed E-state index contributed by atoms with van der Waals surface area (Å²) >= 11 is 12.0. The van der Waals surface area contributed by atoms with Crippen molar-refractivity contribution in [3.05, 3.63) is 70.3 Å². The molecule has 3 aromatic rings. The summed E-state index contributed by atoms with van der Waals surface area (Å²) in [5.41, 5.74) is 2.81. The minimum absolute atomic E-state index is 0.610. The molecule has 0 bridgehead atoms. The summed E-state index contributed by atoms with van der Waals surface area (Å²) in [4.78, 5) is 4.61. The molecule has 1 N–H and O–H groups in total. The normalized spacial score (nSPS) is 10.7. The molecule has 0 radical (unpaired) electrons. The van der Waals surface area contributed by atoms with Crippen LogP contribution in [0.15, 0.2) is 54.6 Å². The van der Waals surface area contributed by atoms with Gasteiger partial charge in [-0.3, -0.25) is 4.98 Å². The highest BCUT2D eigenvalue weighted by molar-refractivity contribution is 6.36. The number of rotatable bonds is 3. The van der Waals surface area contributed by atoms with Gasteiger partial charge in [0, 0.05) is 10.4 Å². The van der Waals surface area contributed by atoms with Gasteiger partial charge >= 0.3 is 0 Å². The van der Waals surface area contributed by atoms with Crippen molar-refractivity contribution in [3.63, 3.8) is 0 Å². The van der Waals surface area contributed by atoms with E-state index in [2.05, 4.69) is 22.4 Å². The van der Waals surface area contributed by atoms with Crippen LogP contribution in [0.4, 0.5) is 5.69 Å². The Balaban J connectivity index is 1.79. The van der Waals surface area contributed by atoms with Crippen molar-refractivity contribution in [1.29, 1.82) is 0 Å². The highest BCUT2D eigenvalue weighted by Gasteiger charge is 2.02. The molecule has 0 spiro atoms. The van der Waals surface area contributed by atoms with E-state index >= 15 is 0 Å². The van der Waals surface area contributed by atoms with Crippen LogP contribution in [0.1, 0.15) is 5.69 Å². The molecule has 0 amide bonds. The predicted octanol–water partition coefficient (Wildman–Crippen LogP) is 5.15. The number of benzene rings is 2. The molecule has 0 aliphatic heterocycles. The van der Waals surface area contributed by atoms with Crippen LogP contribution in [-0.4, -0.2) is 4.98 Å². The monoisotopic (exact) mass is 302 g/mol. The third-order valence-corrected chi connectivity index (χ3v) is 3.59. The van der Waals surface area contributed by atoms with Gasteiger partial charge in [0.15, 0.2) is 0 Å². The molecule has 2 nitrogen and oxygen atoms in total. The van der Waals surface area contributed by atoms with Crippen LogP contribution >= 0.6 is 23.2 Å². The van der Waals surface area contributed by atoms with Gasteiger partial charge in [-0.15, -0.1) is 0 Å². The highest BCUT2D eigenvalue weighted by atomic mass is 35.5. The summed E-state index contributed by atoms with van der Waals surface area (Å²) in [6, 6.07) is 17.5. The second-order valence-electron chi connectivity index (χ2n) is 4.47. The third kappa shape index (κ3) is 2.87. The first kappa shape index (κ1) is 13.2. The highest BCUT2D eigenvalue weighted by Crippen LogP contribution is 2.25. The van der Waals surface area contributed by atoms with Crippen LogP contribution in [-0.2, 0) is 6.54 Å². The SMILES string of the molecule is Clc1ccc(NCc2ccc3ccccc3n2)c(Cl)c1. The fraction of sp³-hybridized carbons (Fsp3) is 0.0625. The maximum Gasteiger partial charge on any atom is 0.0706 e. The molecule has 0 fully saturated rings. The van der Waals surface area contributed by atoms with Crippen LogP contribution in [0.5, 0.6) is 0 Å². The van der Waals surface area contributed by atoms with Gasteiger partial charge in [-0.05, 0) is 30.3 Å². The molecule has 0 atom stereocenters. The van der Waals surface area contributed by atoms with Crippen molar-refractivity contribution in [2.75, 3.05) is 5.32 Å². The second kappa shape index (κ2) is 5.70. The average Bonchev–Trinajstić information content (AvgIpc) is 2.46. The first-order chi connectivity index (χ1) is 9.72. The fourth-order valence-electron chi connectivity index (χ4n) is 2.03. The quantitative estimate of drug-likeness (QED) is 0.723. The number of hydrogen-bond donors (Lipinski definition) is 1. The molecule has 1 heterocycles. The topological polar surface area (TPSA) is 24.9 Å². The van der Waals surface area contributed by atoms with Crippen LogP contribution in [0.25, 0.3) is 10.9 Å². The van der Waals surface area contributed by atoms with Gasteiger partial charge in [-0.2, -0.15) is 0 Å². The predicted molar refractivity (Wildman–Crippen MR) is 85.5 cm³/mol. The van der Waals surface area contributed by atoms with Crippen molar-refractivity contribution < 1.29 is 0 Å². The van der Waals surface area contributed by atoms with Gasteiger partial charge in [0.1, 0.15) is 0 Å². The van der Waals surface area contributed by atoms with Gasteiger partial charge in [0.2, 0.25) is 0 Å². The largest absolute Gasteiger partial charge is 0.378 e. The second-order valence-corrected chi connectivity index (χ2v) is 5.32. The molecular weight excluding hydrogens is 291 g/mol. The van der Waals surface area contributed by atoms with E-state index in [1.54, 1.807) is 6.07 Å². The Kier molecular flexibility index (Phi) is 3.77. The Hall–Kier alpha value is -1.77. The lowest BCUT2D eigenvalue weighted by Gasteiger charge is -2.09. The van der Waals surface area contributed by atoms with Crippen LogP contribution < -0.4 is 5.32 Å². The summed E-state index contributed by atoms with van der Waals surface area (Å²) in [6.45, 7) is 0.617. The van der Waals surface area contributed by atoms with E-state index in [9.17, 15) is 0 Å². The Morgan fingerprint density at radius 1 is 0.950 bits per heavy atom. The van der Waals surface area contributed by atoms with Gasteiger partial charge in [-0.25, -0.2) is 0 Å². The molecule has 0 unspecified atom stereocenters. The molecule has 1 aromatic heterocycles. The molecule has 0 saturated carbocycles. The van der Waals surface area contributed by atoms with Crippen molar-refractivity contribution in [1.82, 2.24) is 4.98 Å². The van der Waals surface area contributed by atoms with Gasteiger partial charge in [0.25, 0.3) is 0 Å². The summed E-state index contributed by atoms with van der Waals surface area (Å²) < 4.78 is 0. The molecular formula is C16H12Cl2N2. The summed E-state index contributed by atoms with van der Waals surface area (Å²) in [5, 5.41) is 5.65. The standard InChI is InChI=1S/C16H12Cl2N2/c17-12-6-8-16(14(18)9-12)19-10-13-7-5-11-3-1-2-4-15(11)20-13/h1-9,19H,10H2. The van der Waals surface area contributed by atoms with E-state index in [0.717, 1.165) is 22.3 Å². The number of hydrogen-bond acceptors (Lipinski definition) is 2. The van der Waals surface area contributed by atoms with Gasteiger partial charge < -0.3 is 5.32 Å². The number of anilines is 1. The smallest absolute Gasteiger partial charge is 0.0706 e. The number of halogens is 2. The first-order valence-electron chi connectivity index (χ1n) is 6.26. The third-order valence-electron chi connectivity index (χ3n) is 3.05. The van der Waals surface area contributed by atoms with Crippen molar-refractivity contribution in [3.8, 4) is 0 Å². The maximum absolute atomic E-state index is 6.12. The van der Waals surface area contributed by atoms with Crippen LogP contribution in [0.2, 0.25) is 10.0 Å². The van der Waals surface area contributed by atoms with E-state index in [4.69, 9.17) is 23.2 Å². The Morgan fingerprint density at radius 2 is 1.80 bits per heavy atom. The minimum atomic E-state index is 0.610. The number of fused-ring (bicyclic) bond motifs is 1. The number of nitrogens with one attached hydrogen (secondary N) is 1. The zero-order valence-corrected chi connectivity index (χ0v) is 12.1. The number of nitrogens with zero attached hydrogens (tertiary/aromatic N) is 1. The van der Waals surface area contributed by atoms with Crippen LogP contribution in [0.3, 0.4) is 0 Å². The molecule has 100 valence electrons. The molecule has 4 heteroatoms. The summed E-state index contributed by atoms with van der Waals surface area (Å²) in [5.74, 6) is 0. The van der Waals surface area contributed by atoms with Gasteiger partial charge in [-0.1, -0.05) is 47.5 Å². The van der Waals surface area contributed by atoms with E-state index in [1.165, 1.54) is 0 Å². The molecule has 20 heavy (non-hydrogen) atoms. The molecule has 3 rings (SSSR count). The first-order valence-corrected chi connectivity index (χ1v) is 7.01. The molecule has 2 aromatic carbocycles. The summed E-state index contributed by atoms with van der Waals surface area (Å²) in [6.07, 6.45) is 0. The zero-order valence-electron chi connectivity index (χ0n) is 10.6. The average molecular weight is 303 g/mol. The van der Waals surface area contributed by atoms with Crippen molar-refractivity contribution in [2.24, 2.45) is 0 Å². The molecule has 0 aliphatic rings. The zero-order chi connectivity index (χ0) is 13.9. The lowest BCUT2D eigenvalue weighted by Crippen LogP contribution is -2.02. The molecule has 0 aliphatic carbocycles. The maximum atomic E-state index is 6.12. The minimum Gasteiger partial charge on any atom is -0.378 e. The number of aromatic nitrogens is 1. The number of pyridine rings is 1. The lowest BCUT2D eigenvalue weighted by atomic mass is 10.2.